The number of rotatable bonds is 4. The Kier molecular flexibility index (Phi) is 5.00. The largest absolute Gasteiger partial charge is 0.489 e. The number of carbonyl (C=O) groups is 1. The van der Waals surface area contributed by atoms with E-state index >= 15 is 0 Å². The molecule has 20 heavy (non-hydrogen) atoms. The molecule has 2 rings (SSSR count). The number of hydrogen-bond donors (Lipinski definition) is 0. The van der Waals surface area contributed by atoms with E-state index in [9.17, 15) is 10.1 Å². The minimum absolute atomic E-state index is 0.0602. The van der Waals surface area contributed by atoms with Gasteiger partial charge in [-0.2, -0.15) is 5.26 Å². The number of ether oxygens (including phenoxy) is 2. The minimum atomic E-state index is -0.290. The van der Waals surface area contributed by atoms with Gasteiger partial charge >= 0.3 is 5.97 Å². The zero-order chi connectivity index (χ0) is 14.4. The molecule has 0 amide bonds. The molecule has 4 heteroatoms. The number of hydrogen-bond acceptors (Lipinski definition) is 4. The summed E-state index contributed by atoms with van der Waals surface area (Å²) in [5, 5.41) is 9.19. The van der Waals surface area contributed by atoms with Crippen LogP contribution < -0.4 is 4.74 Å². The topological polar surface area (TPSA) is 59.3 Å². The molecule has 0 radical (unpaired) electrons. The van der Waals surface area contributed by atoms with Crippen LogP contribution >= 0.6 is 0 Å². The Morgan fingerprint density at radius 2 is 2.10 bits per heavy atom. The smallest absolute Gasteiger partial charge is 0.310 e. The van der Waals surface area contributed by atoms with Crippen LogP contribution in [0.25, 0.3) is 0 Å². The summed E-state index contributed by atoms with van der Waals surface area (Å²) in [6.45, 7) is 0. The predicted octanol–water partition coefficient (Wildman–Crippen LogP) is 2.86. The molecule has 4 nitrogen and oxygen atoms in total. The standard InChI is InChI=1S/C16H19NO3/c1-19-16(18)10-12-6-2-4-8-14(12)20-15-9-5-3-7-13(15)11-17/h2,4,6,8,13,15H,3,5,7,9-10H2,1H3. The first kappa shape index (κ1) is 14.4. The number of benzene rings is 1. The third-order valence-electron chi connectivity index (χ3n) is 3.68. The third kappa shape index (κ3) is 3.51. The molecule has 106 valence electrons. The van der Waals surface area contributed by atoms with Crippen LogP contribution in [0.2, 0.25) is 0 Å². The van der Waals surface area contributed by atoms with Crippen LogP contribution in [0.3, 0.4) is 0 Å². The van der Waals surface area contributed by atoms with Gasteiger partial charge in [0.1, 0.15) is 11.9 Å². The molecular formula is C16H19NO3. The SMILES string of the molecule is COC(=O)Cc1ccccc1OC1CCCCC1C#N. The van der Waals surface area contributed by atoms with Crippen molar-refractivity contribution in [2.24, 2.45) is 5.92 Å². The van der Waals surface area contributed by atoms with Crippen molar-refractivity contribution in [2.45, 2.75) is 38.2 Å². The van der Waals surface area contributed by atoms with Crippen LogP contribution in [0.15, 0.2) is 24.3 Å². The Bertz CT molecular complexity index is 507. The highest BCUT2D eigenvalue weighted by molar-refractivity contribution is 5.73. The maximum Gasteiger partial charge on any atom is 0.310 e. The highest BCUT2D eigenvalue weighted by Crippen LogP contribution is 2.29. The second-order valence-corrected chi connectivity index (χ2v) is 5.04. The predicted molar refractivity (Wildman–Crippen MR) is 74.1 cm³/mol. The molecule has 0 spiro atoms. The summed E-state index contributed by atoms with van der Waals surface area (Å²) in [4.78, 5) is 11.4. The van der Waals surface area contributed by atoms with Crippen LogP contribution in [-0.4, -0.2) is 19.2 Å². The quantitative estimate of drug-likeness (QED) is 0.791. The Labute approximate surface area is 119 Å². The molecule has 2 atom stereocenters. The minimum Gasteiger partial charge on any atom is -0.489 e. The van der Waals surface area contributed by atoms with E-state index in [-0.39, 0.29) is 24.4 Å². The molecule has 1 aromatic rings. The second-order valence-electron chi connectivity index (χ2n) is 5.04. The monoisotopic (exact) mass is 273 g/mol. The molecule has 1 fully saturated rings. The van der Waals surface area contributed by atoms with Gasteiger partial charge in [-0.15, -0.1) is 0 Å². The van der Waals surface area contributed by atoms with Crippen LogP contribution in [0.1, 0.15) is 31.2 Å². The molecule has 1 aliphatic carbocycles. The lowest BCUT2D eigenvalue weighted by Crippen LogP contribution is -2.29. The van der Waals surface area contributed by atoms with Crippen LogP contribution in [0.4, 0.5) is 0 Å². The maximum atomic E-state index is 11.4. The lowest BCUT2D eigenvalue weighted by Gasteiger charge is -2.28. The zero-order valence-corrected chi connectivity index (χ0v) is 11.7. The number of para-hydroxylation sites is 1. The highest BCUT2D eigenvalue weighted by atomic mass is 16.5. The zero-order valence-electron chi connectivity index (χ0n) is 11.7. The van der Waals surface area contributed by atoms with E-state index in [4.69, 9.17) is 9.47 Å². The lowest BCUT2D eigenvalue weighted by atomic mass is 9.87. The average Bonchev–Trinajstić information content (AvgIpc) is 2.49. The van der Waals surface area contributed by atoms with Crippen molar-refractivity contribution in [3.63, 3.8) is 0 Å². The summed E-state index contributed by atoms with van der Waals surface area (Å²) in [6, 6.07) is 9.78. The highest BCUT2D eigenvalue weighted by Gasteiger charge is 2.27. The van der Waals surface area contributed by atoms with Gasteiger partial charge in [0.2, 0.25) is 0 Å². The Balaban J connectivity index is 2.12. The normalized spacial score (nSPS) is 21.8. The van der Waals surface area contributed by atoms with E-state index in [0.717, 1.165) is 31.2 Å². The first-order valence-corrected chi connectivity index (χ1v) is 6.95. The van der Waals surface area contributed by atoms with E-state index in [1.165, 1.54) is 7.11 Å². The molecular weight excluding hydrogens is 254 g/mol. The number of esters is 1. The average molecular weight is 273 g/mol. The van der Waals surface area contributed by atoms with Crippen LogP contribution in [0.5, 0.6) is 5.75 Å². The van der Waals surface area contributed by atoms with Gasteiger partial charge in [-0.05, 0) is 25.3 Å². The fourth-order valence-electron chi connectivity index (χ4n) is 2.54. The van der Waals surface area contributed by atoms with Crippen molar-refractivity contribution in [1.82, 2.24) is 0 Å². The fourth-order valence-corrected chi connectivity index (χ4v) is 2.54. The number of carbonyl (C=O) groups excluding carboxylic acids is 1. The van der Waals surface area contributed by atoms with Gasteiger partial charge in [0.25, 0.3) is 0 Å². The molecule has 0 bridgehead atoms. The summed E-state index contributed by atoms with van der Waals surface area (Å²) in [6.07, 6.45) is 4.07. The van der Waals surface area contributed by atoms with Crippen molar-refractivity contribution >= 4 is 5.97 Å². The summed E-state index contributed by atoms with van der Waals surface area (Å²) < 4.78 is 10.7. The summed E-state index contributed by atoms with van der Waals surface area (Å²) in [7, 11) is 1.37. The van der Waals surface area contributed by atoms with E-state index < -0.39 is 0 Å². The third-order valence-corrected chi connectivity index (χ3v) is 3.68. The fraction of sp³-hybridized carbons (Fsp3) is 0.500. The van der Waals surface area contributed by atoms with Crippen molar-refractivity contribution < 1.29 is 14.3 Å². The van der Waals surface area contributed by atoms with Crippen molar-refractivity contribution in [2.75, 3.05) is 7.11 Å². The second kappa shape index (κ2) is 6.95. The Hall–Kier alpha value is -2.02. The summed E-state index contributed by atoms with van der Waals surface area (Å²) >= 11 is 0. The molecule has 0 heterocycles. The van der Waals surface area contributed by atoms with Gasteiger partial charge in [-0.1, -0.05) is 24.6 Å². The van der Waals surface area contributed by atoms with Crippen LogP contribution in [-0.2, 0) is 16.0 Å². The number of nitriles is 1. The van der Waals surface area contributed by atoms with Gasteiger partial charge in [0.05, 0.1) is 25.5 Å². The van der Waals surface area contributed by atoms with E-state index in [0.29, 0.717) is 5.75 Å². The molecule has 0 N–H and O–H groups in total. The van der Waals surface area contributed by atoms with Crippen molar-refractivity contribution in [1.29, 1.82) is 5.26 Å². The van der Waals surface area contributed by atoms with Gasteiger partial charge in [-0.3, -0.25) is 4.79 Å². The van der Waals surface area contributed by atoms with Gasteiger partial charge in [0, 0.05) is 5.56 Å². The first-order chi connectivity index (χ1) is 9.74. The molecule has 1 aromatic carbocycles. The first-order valence-electron chi connectivity index (χ1n) is 6.95. The maximum absolute atomic E-state index is 11.4. The van der Waals surface area contributed by atoms with Crippen molar-refractivity contribution in [3.8, 4) is 11.8 Å². The number of methoxy groups -OCH3 is 1. The Morgan fingerprint density at radius 3 is 2.85 bits per heavy atom. The van der Waals surface area contributed by atoms with Gasteiger partial charge < -0.3 is 9.47 Å². The lowest BCUT2D eigenvalue weighted by molar-refractivity contribution is -0.139. The summed E-state index contributed by atoms with van der Waals surface area (Å²) in [5.74, 6) is 0.335. The van der Waals surface area contributed by atoms with Gasteiger partial charge in [-0.25, -0.2) is 0 Å². The van der Waals surface area contributed by atoms with Crippen molar-refractivity contribution in [3.05, 3.63) is 29.8 Å². The molecule has 0 aromatic heterocycles. The van der Waals surface area contributed by atoms with E-state index in [2.05, 4.69) is 6.07 Å². The van der Waals surface area contributed by atoms with E-state index in [1.54, 1.807) is 0 Å². The molecule has 0 saturated heterocycles. The summed E-state index contributed by atoms with van der Waals surface area (Å²) in [5.41, 5.74) is 0.807. The molecule has 1 saturated carbocycles. The molecule has 1 aliphatic rings. The van der Waals surface area contributed by atoms with Gasteiger partial charge in [0.15, 0.2) is 0 Å². The number of nitrogens with zero attached hydrogens (tertiary/aromatic N) is 1. The molecule has 2 unspecified atom stereocenters. The molecule has 0 aliphatic heterocycles. The van der Waals surface area contributed by atoms with Crippen LogP contribution in [0, 0.1) is 17.2 Å². The Morgan fingerprint density at radius 1 is 1.35 bits per heavy atom. The van der Waals surface area contributed by atoms with E-state index in [1.807, 2.05) is 24.3 Å².